The number of fused-ring (bicyclic) bond motifs is 1. The molecule has 0 bridgehead atoms. The summed E-state index contributed by atoms with van der Waals surface area (Å²) in [5.74, 6) is -1.94. The molecule has 1 aliphatic carbocycles. The van der Waals surface area contributed by atoms with Crippen LogP contribution in [0.5, 0.6) is 0 Å². The van der Waals surface area contributed by atoms with E-state index in [1.54, 1.807) is 25.3 Å². The number of amides is 3. The van der Waals surface area contributed by atoms with E-state index >= 15 is 0 Å². The molecule has 3 unspecified atom stereocenters. The first-order valence-electron chi connectivity index (χ1n) is 13.1. The molecule has 204 valence electrons. The molecule has 5 atom stereocenters. The van der Waals surface area contributed by atoms with Crippen LogP contribution in [-0.4, -0.2) is 41.7 Å². The number of aromatic nitrogens is 1. The van der Waals surface area contributed by atoms with Crippen molar-refractivity contribution in [1.82, 2.24) is 20.9 Å². The van der Waals surface area contributed by atoms with E-state index in [4.69, 9.17) is 4.74 Å². The van der Waals surface area contributed by atoms with Gasteiger partial charge in [-0.15, -0.1) is 0 Å². The molecular formula is C29H31F2N5O3. The summed E-state index contributed by atoms with van der Waals surface area (Å²) in [5.41, 5.74) is 1.72. The minimum absolute atomic E-state index is 0.0112. The molecule has 10 heteroatoms. The maximum atomic E-state index is 13.7. The Balaban J connectivity index is 1.29. The van der Waals surface area contributed by atoms with Crippen LogP contribution in [0.4, 0.5) is 19.4 Å². The van der Waals surface area contributed by atoms with Gasteiger partial charge in [0.05, 0.1) is 42.4 Å². The molecule has 3 aromatic rings. The molecule has 2 fully saturated rings. The van der Waals surface area contributed by atoms with Crippen molar-refractivity contribution < 1.29 is 23.1 Å². The Morgan fingerprint density at radius 1 is 1.03 bits per heavy atom. The van der Waals surface area contributed by atoms with Crippen LogP contribution in [-0.2, 0) is 4.74 Å². The predicted molar refractivity (Wildman–Crippen MR) is 142 cm³/mol. The Labute approximate surface area is 225 Å². The average Bonchev–Trinajstić information content (AvgIpc) is 3.32. The van der Waals surface area contributed by atoms with Gasteiger partial charge in [0, 0.05) is 6.20 Å². The number of carbonyl (C=O) groups excluding carboxylic acids is 2. The van der Waals surface area contributed by atoms with E-state index in [9.17, 15) is 18.4 Å². The van der Waals surface area contributed by atoms with Crippen molar-refractivity contribution in [1.29, 1.82) is 0 Å². The van der Waals surface area contributed by atoms with E-state index in [1.165, 1.54) is 6.07 Å². The molecule has 2 heterocycles. The van der Waals surface area contributed by atoms with Crippen molar-refractivity contribution in [2.75, 3.05) is 11.9 Å². The minimum Gasteiger partial charge on any atom is -0.376 e. The quantitative estimate of drug-likeness (QED) is 0.320. The smallest absolute Gasteiger partial charge is 0.315 e. The molecule has 2 aromatic carbocycles. The number of ether oxygens (including phenoxy) is 1. The number of halogens is 2. The lowest BCUT2D eigenvalue weighted by molar-refractivity contribution is 0.0137. The van der Waals surface area contributed by atoms with Crippen molar-refractivity contribution in [2.45, 2.75) is 56.5 Å². The van der Waals surface area contributed by atoms with Crippen molar-refractivity contribution in [2.24, 2.45) is 0 Å². The zero-order valence-electron chi connectivity index (χ0n) is 21.5. The molecule has 1 saturated carbocycles. The summed E-state index contributed by atoms with van der Waals surface area (Å²) in [7, 11) is 0. The summed E-state index contributed by atoms with van der Waals surface area (Å²) in [6, 6.07) is 15.8. The molecule has 1 aromatic heterocycles. The topological polar surface area (TPSA) is 104 Å². The number of pyridine rings is 1. The molecule has 4 N–H and O–H groups in total. The maximum Gasteiger partial charge on any atom is 0.315 e. The van der Waals surface area contributed by atoms with E-state index in [0.29, 0.717) is 23.6 Å². The summed E-state index contributed by atoms with van der Waals surface area (Å²) in [4.78, 5) is 29.3. The second-order valence-electron chi connectivity index (χ2n) is 9.98. The summed E-state index contributed by atoms with van der Waals surface area (Å²) < 4.78 is 33.4. The van der Waals surface area contributed by atoms with Crippen molar-refractivity contribution in [3.05, 3.63) is 95.2 Å². The highest BCUT2D eigenvalue weighted by Gasteiger charge is 2.37. The van der Waals surface area contributed by atoms with Gasteiger partial charge in [0.15, 0.2) is 11.6 Å². The van der Waals surface area contributed by atoms with E-state index in [2.05, 4.69) is 26.3 Å². The van der Waals surface area contributed by atoms with Crippen LogP contribution in [0.2, 0.25) is 0 Å². The summed E-state index contributed by atoms with van der Waals surface area (Å²) in [6.45, 7) is 2.03. The first-order valence-corrected chi connectivity index (χ1v) is 13.1. The fraction of sp³-hybridized carbons (Fsp3) is 0.345. The van der Waals surface area contributed by atoms with Crippen molar-refractivity contribution in [3.8, 4) is 0 Å². The standard InChI is InChI=1S/C29H31F2N5O3/c1-17(19-9-11-22(30)23(31)14-19)33-28(37)21-8-5-13-32-27(21)34-26(18-6-3-2-4-7-18)16-39-20-10-12-24-25(15-20)36-29(38)35-24/h2-9,11,13-14,17,20,24-26H,10,12,15-16H2,1H3,(H,32,34)(H,33,37)(H2,35,36,38)/t17-,20?,24?,25?,26-/m0/s1. The van der Waals surface area contributed by atoms with Crippen molar-refractivity contribution in [3.63, 3.8) is 0 Å². The third-order valence-electron chi connectivity index (χ3n) is 7.29. The number of hydrogen-bond acceptors (Lipinski definition) is 5. The highest BCUT2D eigenvalue weighted by atomic mass is 19.2. The van der Waals surface area contributed by atoms with Crippen LogP contribution >= 0.6 is 0 Å². The Bertz CT molecular complexity index is 1330. The third kappa shape index (κ3) is 6.34. The molecule has 39 heavy (non-hydrogen) atoms. The molecule has 3 amide bonds. The monoisotopic (exact) mass is 535 g/mol. The average molecular weight is 536 g/mol. The lowest BCUT2D eigenvalue weighted by Gasteiger charge is -2.32. The van der Waals surface area contributed by atoms with Gasteiger partial charge in [-0.3, -0.25) is 4.79 Å². The molecule has 2 aliphatic rings. The van der Waals surface area contributed by atoms with Gasteiger partial charge < -0.3 is 26.0 Å². The largest absolute Gasteiger partial charge is 0.376 e. The Morgan fingerprint density at radius 3 is 2.62 bits per heavy atom. The third-order valence-corrected chi connectivity index (χ3v) is 7.29. The Kier molecular flexibility index (Phi) is 8.02. The highest BCUT2D eigenvalue weighted by molar-refractivity contribution is 5.99. The summed E-state index contributed by atoms with van der Waals surface area (Å²) in [6.07, 6.45) is 3.99. The number of nitrogens with zero attached hydrogens (tertiary/aromatic N) is 1. The number of rotatable bonds is 9. The maximum absolute atomic E-state index is 13.7. The molecule has 1 saturated heterocycles. The fourth-order valence-electron chi connectivity index (χ4n) is 5.14. The van der Waals surface area contributed by atoms with Gasteiger partial charge in [-0.2, -0.15) is 0 Å². The number of hydrogen-bond donors (Lipinski definition) is 4. The van der Waals surface area contributed by atoms with Gasteiger partial charge in [0.25, 0.3) is 5.91 Å². The SMILES string of the molecule is C[C@H](NC(=O)c1cccnc1N[C@@H](COC1CCC2NC(=O)NC2C1)c1ccccc1)c1ccc(F)c(F)c1. The molecule has 1 aliphatic heterocycles. The normalized spacial score (nSPS) is 21.7. The van der Waals surface area contributed by atoms with Crippen LogP contribution in [0.3, 0.4) is 0 Å². The Hall–Kier alpha value is -4.05. The van der Waals surface area contributed by atoms with Crippen LogP contribution in [0.15, 0.2) is 66.9 Å². The van der Waals surface area contributed by atoms with Gasteiger partial charge in [-0.1, -0.05) is 36.4 Å². The number of nitrogens with one attached hydrogen (secondary N) is 4. The van der Waals surface area contributed by atoms with Crippen LogP contribution in [0.1, 0.15) is 59.8 Å². The first kappa shape index (κ1) is 26.6. The first-order chi connectivity index (χ1) is 18.9. The van der Waals surface area contributed by atoms with E-state index in [0.717, 1.165) is 37.0 Å². The van der Waals surface area contributed by atoms with Crippen molar-refractivity contribution >= 4 is 17.8 Å². The van der Waals surface area contributed by atoms with E-state index < -0.39 is 23.6 Å². The zero-order chi connectivity index (χ0) is 27.4. The highest BCUT2D eigenvalue weighted by Crippen LogP contribution is 2.28. The number of benzene rings is 2. The number of anilines is 1. The van der Waals surface area contributed by atoms with Gasteiger partial charge in [-0.05, 0) is 61.6 Å². The van der Waals surface area contributed by atoms with Crippen LogP contribution in [0.25, 0.3) is 0 Å². The predicted octanol–water partition coefficient (Wildman–Crippen LogP) is 4.62. The molecule has 0 radical (unpaired) electrons. The number of carbonyl (C=O) groups is 2. The molecule has 5 rings (SSSR count). The Morgan fingerprint density at radius 2 is 1.82 bits per heavy atom. The van der Waals surface area contributed by atoms with Gasteiger partial charge in [0.2, 0.25) is 0 Å². The molecular weight excluding hydrogens is 504 g/mol. The zero-order valence-corrected chi connectivity index (χ0v) is 21.5. The minimum atomic E-state index is -0.969. The second-order valence-corrected chi connectivity index (χ2v) is 9.98. The summed E-state index contributed by atoms with van der Waals surface area (Å²) >= 11 is 0. The summed E-state index contributed by atoms with van der Waals surface area (Å²) in [5, 5.41) is 12.1. The lowest BCUT2D eigenvalue weighted by atomic mass is 9.89. The lowest BCUT2D eigenvalue weighted by Crippen LogP contribution is -2.42. The molecule has 0 spiro atoms. The van der Waals surface area contributed by atoms with Gasteiger partial charge >= 0.3 is 6.03 Å². The number of urea groups is 1. The van der Waals surface area contributed by atoms with Crippen LogP contribution < -0.4 is 21.3 Å². The van der Waals surface area contributed by atoms with Gasteiger partial charge in [-0.25, -0.2) is 18.6 Å². The van der Waals surface area contributed by atoms with Gasteiger partial charge in [0.1, 0.15) is 5.82 Å². The fourth-order valence-corrected chi connectivity index (χ4v) is 5.14. The molecule has 8 nitrogen and oxygen atoms in total. The van der Waals surface area contributed by atoms with E-state index in [-0.39, 0.29) is 30.3 Å². The van der Waals surface area contributed by atoms with E-state index in [1.807, 2.05) is 30.3 Å². The van der Waals surface area contributed by atoms with Crippen LogP contribution in [0, 0.1) is 11.6 Å². The second kappa shape index (κ2) is 11.8.